The summed E-state index contributed by atoms with van der Waals surface area (Å²) < 4.78 is 9.85. The monoisotopic (exact) mass is 220 g/mol. The maximum absolute atomic E-state index is 11.3. The van der Waals surface area contributed by atoms with E-state index in [-0.39, 0.29) is 18.1 Å². The lowest BCUT2D eigenvalue weighted by Crippen LogP contribution is -2.10. The quantitative estimate of drug-likeness (QED) is 0.709. The van der Waals surface area contributed by atoms with Crippen LogP contribution < -0.4 is 4.74 Å². The molecule has 1 aromatic heterocycles. The fraction of sp³-hybridized carbons (Fsp3) is 0.364. The summed E-state index contributed by atoms with van der Waals surface area (Å²) in [5, 5.41) is 8.69. The van der Waals surface area contributed by atoms with Gasteiger partial charge in [0.05, 0.1) is 25.8 Å². The SMILES string of the molecule is CCOC(=O)Cc1nc(C#N)ccc1OC. The van der Waals surface area contributed by atoms with Crippen LogP contribution in [0.4, 0.5) is 0 Å². The van der Waals surface area contributed by atoms with Crippen LogP contribution in [-0.4, -0.2) is 24.7 Å². The molecule has 1 rings (SSSR count). The standard InChI is InChI=1S/C11H12N2O3/c1-3-16-11(14)6-9-10(15-2)5-4-8(7-12)13-9/h4-5H,3,6H2,1-2H3. The first-order valence-electron chi connectivity index (χ1n) is 4.81. The van der Waals surface area contributed by atoms with Crippen molar-refractivity contribution in [1.82, 2.24) is 4.98 Å². The fourth-order valence-corrected chi connectivity index (χ4v) is 1.21. The lowest BCUT2D eigenvalue weighted by atomic mass is 10.2. The Hall–Kier alpha value is -2.09. The normalized spacial score (nSPS) is 9.31. The number of methoxy groups -OCH3 is 1. The molecule has 0 unspecified atom stereocenters. The van der Waals surface area contributed by atoms with Crippen LogP contribution in [0.1, 0.15) is 18.3 Å². The molecular weight excluding hydrogens is 208 g/mol. The Kier molecular flexibility index (Phi) is 4.28. The van der Waals surface area contributed by atoms with E-state index in [1.807, 2.05) is 6.07 Å². The highest BCUT2D eigenvalue weighted by Gasteiger charge is 2.11. The van der Waals surface area contributed by atoms with Gasteiger partial charge in [0.25, 0.3) is 0 Å². The van der Waals surface area contributed by atoms with Gasteiger partial charge in [-0.3, -0.25) is 4.79 Å². The van der Waals surface area contributed by atoms with E-state index >= 15 is 0 Å². The molecule has 1 heterocycles. The summed E-state index contributed by atoms with van der Waals surface area (Å²) >= 11 is 0. The molecule has 16 heavy (non-hydrogen) atoms. The fourth-order valence-electron chi connectivity index (χ4n) is 1.21. The van der Waals surface area contributed by atoms with Crippen LogP contribution in [0.15, 0.2) is 12.1 Å². The average molecular weight is 220 g/mol. The van der Waals surface area contributed by atoms with E-state index in [1.165, 1.54) is 13.2 Å². The van der Waals surface area contributed by atoms with Crippen molar-refractivity contribution in [3.05, 3.63) is 23.5 Å². The first kappa shape index (κ1) is 12.0. The van der Waals surface area contributed by atoms with Gasteiger partial charge in [-0.1, -0.05) is 0 Å². The molecule has 0 amide bonds. The molecule has 5 nitrogen and oxygen atoms in total. The van der Waals surface area contributed by atoms with Crippen molar-refractivity contribution in [3.63, 3.8) is 0 Å². The van der Waals surface area contributed by atoms with Crippen LogP contribution in [-0.2, 0) is 16.0 Å². The molecule has 0 radical (unpaired) electrons. The minimum Gasteiger partial charge on any atom is -0.495 e. The van der Waals surface area contributed by atoms with Crippen LogP contribution in [0.25, 0.3) is 0 Å². The van der Waals surface area contributed by atoms with E-state index < -0.39 is 0 Å². The number of esters is 1. The van der Waals surface area contributed by atoms with Crippen molar-refractivity contribution < 1.29 is 14.3 Å². The average Bonchev–Trinajstić information content (AvgIpc) is 2.29. The molecule has 0 bridgehead atoms. The Balaban J connectivity index is 2.92. The number of aromatic nitrogens is 1. The third kappa shape index (κ3) is 2.95. The van der Waals surface area contributed by atoms with Crippen molar-refractivity contribution in [2.45, 2.75) is 13.3 Å². The van der Waals surface area contributed by atoms with E-state index in [1.54, 1.807) is 13.0 Å². The molecule has 0 saturated carbocycles. The van der Waals surface area contributed by atoms with Crippen molar-refractivity contribution in [1.29, 1.82) is 5.26 Å². The third-order valence-corrected chi connectivity index (χ3v) is 1.88. The second kappa shape index (κ2) is 5.71. The van der Waals surface area contributed by atoms with E-state index in [2.05, 4.69) is 4.98 Å². The molecule has 1 aromatic rings. The molecule has 0 aliphatic rings. The lowest BCUT2D eigenvalue weighted by molar-refractivity contribution is -0.142. The molecule has 0 aromatic carbocycles. The molecule has 84 valence electrons. The smallest absolute Gasteiger partial charge is 0.312 e. The number of hydrogen-bond donors (Lipinski definition) is 0. The zero-order chi connectivity index (χ0) is 12.0. The molecule has 0 aliphatic carbocycles. The highest BCUT2D eigenvalue weighted by Crippen LogP contribution is 2.17. The zero-order valence-electron chi connectivity index (χ0n) is 9.19. The Morgan fingerprint density at radius 1 is 1.56 bits per heavy atom. The summed E-state index contributed by atoms with van der Waals surface area (Å²) in [5.41, 5.74) is 0.667. The van der Waals surface area contributed by atoms with Gasteiger partial charge < -0.3 is 9.47 Å². The third-order valence-electron chi connectivity index (χ3n) is 1.88. The largest absolute Gasteiger partial charge is 0.495 e. The molecule has 0 aliphatic heterocycles. The molecule has 0 atom stereocenters. The predicted molar refractivity (Wildman–Crippen MR) is 55.8 cm³/mol. The topological polar surface area (TPSA) is 72.2 Å². The Morgan fingerprint density at radius 3 is 2.88 bits per heavy atom. The minimum atomic E-state index is -0.386. The van der Waals surface area contributed by atoms with Gasteiger partial charge in [-0.05, 0) is 19.1 Å². The highest BCUT2D eigenvalue weighted by molar-refractivity contribution is 5.72. The van der Waals surface area contributed by atoms with Gasteiger partial charge in [0, 0.05) is 0 Å². The van der Waals surface area contributed by atoms with Gasteiger partial charge in [-0.25, -0.2) is 4.98 Å². The molecule has 0 fully saturated rings. The lowest BCUT2D eigenvalue weighted by Gasteiger charge is -2.07. The summed E-state index contributed by atoms with van der Waals surface area (Å²) in [4.78, 5) is 15.3. The van der Waals surface area contributed by atoms with Gasteiger partial charge in [0.2, 0.25) is 0 Å². The van der Waals surface area contributed by atoms with Gasteiger partial charge in [0.1, 0.15) is 17.5 Å². The summed E-state index contributed by atoms with van der Waals surface area (Å²) in [6.45, 7) is 2.05. The number of rotatable bonds is 4. The van der Waals surface area contributed by atoms with Gasteiger partial charge >= 0.3 is 5.97 Å². The molecule has 0 spiro atoms. The molecule has 0 N–H and O–H groups in total. The summed E-state index contributed by atoms with van der Waals surface area (Å²) in [7, 11) is 1.48. The van der Waals surface area contributed by atoms with Gasteiger partial charge in [0.15, 0.2) is 0 Å². The van der Waals surface area contributed by atoms with Crippen LogP contribution in [0.5, 0.6) is 5.75 Å². The number of hydrogen-bond acceptors (Lipinski definition) is 5. The second-order valence-corrected chi connectivity index (χ2v) is 2.94. The van der Waals surface area contributed by atoms with Gasteiger partial charge in [-0.2, -0.15) is 5.26 Å². The summed E-state index contributed by atoms with van der Waals surface area (Å²) in [6, 6.07) is 5.05. The summed E-state index contributed by atoms with van der Waals surface area (Å²) in [6.07, 6.45) is 0.00648. The first-order valence-corrected chi connectivity index (χ1v) is 4.81. The van der Waals surface area contributed by atoms with E-state index in [0.717, 1.165) is 0 Å². The van der Waals surface area contributed by atoms with E-state index in [9.17, 15) is 4.79 Å². The van der Waals surface area contributed by atoms with E-state index in [4.69, 9.17) is 14.7 Å². The van der Waals surface area contributed by atoms with Crippen molar-refractivity contribution in [2.75, 3.05) is 13.7 Å². The van der Waals surface area contributed by atoms with Crippen LogP contribution in [0.2, 0.25) is 0 Å². The number of carbonyl (C=O) groups is 1. The number of carbonyl (C=O) groups excluding carboxylic acids is 1. The van der Waals surface area contributed by atoms with Crippen molar-refractivity contribution in [3.8, 4) is 11.8 Å². The predicted octanol–water partition coefficient (Wildman–Crippen LogP) is 1.07. The number of nitriles is 1. The van der Waals surface area contributed by atoms with Crippen LogP contribution in [0.3, 0.4) is 0 Å². The minimum absolute atomic E-state index is 0.00648. The Bertz CT molecular complexity index is 424. The molecular formula is C11H12N2O3. The van der Waals surface area contributed by atoms with E-state index in [0.29, 0.717) is 18.1 Å². The van der Waals surface area contributed by atoms with Crippen LogP contribution >= 0.6 is 0 Å². The van der Waals surface area contributed by atoms with Gasteiger partial charge in [-0.15, -0.1) is 0 Å². The Labute approximate surface area is 93.6 Å². The maximum atomic E-state index is 11.3. The number of pyridine rings is 1. The molecule has 0 saturated heterocycles. The zero-order valence-corrected chi connectivity index (χ0v) is 9.19. The van der Waals surface area contributed by atoms with Crippen LogP contribution in [0, 0.1) is 11.3 Å². The highest BCUT2D eigenvalue weighted by atomic mass is 16.5. The maximum Gasteiger partial charge on any atom is 0.312 e. The summed E-state index contributed by atoms with van der Waals surface area (Å²) in [5.74, 6) is 0.0930. The second-order valence-electron chi connectivity index (χ2n) is 2.94. The first-order chi connectivity index (χ1) is 7.71. The van der Waals surface area contributed by atoms with Crippen molar-refractivity contribution >= 4 is 5.97 Å². The Morgan fingerprint density at radius 2 is 2.31 bits per heavy atom. The molecule has 5 heteroatoms. The van der Waals surface area contributed by atoms with Crippen molar-refractivity contribution in [2.24, 2.45) is 0 Å². The number of ether oxygens (including phenoxy) is 2. The number of nitrogens with zero attached hydrogens (tertiary/aromatic N) is 2.